The van der Waals surface area contributed by atoms with Gasteiger partial charge in [0, 0.05) is 12.1 Å². The molecule has 1 aliphatic rings. The van der Waals surface area contributed by atoms with Gasteiger partial charge in [0.2, 0.25) is 0 Å². The number of ether oxygens (including phenoxy) is 1. The quantitative estimate of drug-likeness (QED) is 0.875. The molecular weight excluding hydrogens is 310 g/mol. The number of thiophene rings is 1. The third kappa shape index (κ3) is 3.26. The Morgan fingerprint density at radius 2 is 2.26 bits per heavy atom. The number of para-hydroxylation sites is 1. The van der Waals surface area contributed by atoms with Crippen molar-refractivity contribution in [2.75, 3.05) is 13.2 Å². The second-order valence-corrected chi connectivity index (χ2v) is 6.44. The van der Waals surface area contributed by atoms with E-state index in [1.807, 2.05) is 36.6 Å². The van der Waals surface area contributed by atoms with Crippen molar-refractivity contribution < 1.29 is 14.6 Å². The van der Waals surface area contributed by atoms with Crippen LogP contribution >= 0.6 is 11.3 Å². The fourth-order valence-corrected chi connectivity index (χ4v) is 4.02. The molecule has 2 unspecified atom stereocenters. The van der Waals surface area contributed by atoms with E-state index >= 15 is 0 Å². The van der Waals surface area contributed by atoms with E-state index in [9.17, 15) is 9.90 Å². The molecule has 0 spiro atoms. The minimum absolute atomic E-state index is 0.0763. The Balaban J connectivity index is 2.05. The lowest BCUT2D eigenvalue weighted by Gasteiger charge is -2.32. The van der Waals surface area contributed by atoms with Gasteiger partial charge in [0.1, 0.15) is 11.8 Å². The zero-order chi connectivity index (χ0) is 16.2. The lowest BCUT2D eigenvalue weighted by molar-refractivity contribution is -0.142. The lowest BCUT2D eigenvalue weighted by Crippen LogP contribution is -2.39. The number of rotatable bonds is 6. The number of hydrogen-bond acceptors (Lipinski definition) is 4. The van der Waals surface area contributed by atoms with E-state index in [0.29, 0.717) is 13.0 Å². The molecule has 2 atom stereocenters. The molecule has 23 heavy (non-hydrogen) atoms. The molecule has 5 heteroatoms. The molecule has 3 rings (SSSR count). The molecule has 0 amide bonds. The van der Waals surface area contributed by atoms with E-state index in [4.69, 9.17) is 4.74 Å². The van der Waals surface area contributed by atoms with Crippen LogP contribution in [0.3, 0.4) is 0 Å². The number of nitrogens with zero attached hydrogens (tertiary/aromatic N) is 1. The summed E-state index contributed by atoms with van der Waals surface area (Å²) in [4.78, 5) is 13.8. The minimum atomic E-state index is -0.739. The van der Waals surface area contributed by atoms with Crippen molar-refractivity contribution in [3.05, 3.63) is 52.2 Å². The van der Waals surface area contributed by atoms with Gasteiger partial charge in [-0.05, 0) is 48.2 Å². The first-order chi connectivity index (χ1) is 11.2. The fourth-order valence-electron chi connectivity index (χ4n) is 3.34. The Bertz CT molecular complexity index is 656. The first-order valence-corrected chi connectivity index (χ1v) is 8.89. The molecule has 1 aromatic carbocycles. The molecule has 2 aromatic rings. The monoisotopic (exact) mass is 331 g/mol. The molecular formula is C18H21NO3S. The van der Waals surface area contributed by atoms with Gasteiger partial charge in [-0.3, -0.25) is 9.69 Å². The van der Waals surface area contributed by atoms with Crippen LogP contribution in [0.1, 0.15) is 36.9 Å². The second-order valence-electron chi connectivity index (χ2n) is 5.66. The standard InChI is InChI=1S/C18H21NO3S/c1-2-22-16-8-4-3-6-14(16)17(13-9-11-23-12-13)19-10-5-7-15(19)18(20)21/h3-4,6,8-9,11-12,15,17H,2,5,7,10H2,1H3,(H,20,21). The Morgan fingerprint density at radius 3 is 2.96 bits per heavy atom. The minimum Gasteiger partial charge on any atom is -0.494 e. The molecule has 0 bridgehead atoms. The van der Waals surface area contributed by atoms with Crippen molar-refractivity contribution in [2.24, 2.45) is 0 Å². The molecule has 4 nitrogen and oxygen atoms in total. The average Bonchev–Trinajstić information content (AvgIpc) is 3.21. The molecule has 1 aromatic heterocycles. The van der Waals surface area contributed by atoms with Crippen LogP contribution < -0.4 is 4.74 Å². The summed E-state index contributed by atoms with van der Waals surface area (Å²) in [6, 6.07) is 9.52. The van der Waals surface area contributed by atoms with Crippen LogP contribution in [-0.4, -0.2) is 35.2 Å². The van der Waals surface area contributed by atoms with Crippen LogP contribution in [0, 0.1) is 0 Å². The third-order valence-corrected chi connectivity index (χ3v) is 4.98. The summed E-state index contributed by atoms with van der Waals surface area (Å²) in [6.45, 7) is 3.35. The summed E-state index contributed by atoms with van der Waals surface area (Å²) >= 11 is 1.64. The van der Waals surface area contributed by atoms with Crippen LogP contribution in [0.4, 0.5) is 0 Å². The number of aliphatic carboxylic acids is 1. The molecule has 0 radical (unpaired) electrons. The van der Waals surface area contributed by atoms with Gasteiger partial charge in [0.15, 0.2) is 0 Å². The van der Waals surface area contributed by atoms with Crippen molar-refractivity contribution in [2.45, 2.75) is 31.8 Å². The molecule has 1 N–H and O–H groups in total. The molecule has 122 valence electrons. The maximum Gasteiger partial charge on any atom is 0.320 e. The van der Waals surface area contributed by atoms with Gasteiger partial charge in [-0.2, -0.15) is 11.3 Å². The lowest BCUT2D eigenvalue weighted by atomic mass is 9.97. The van der Waals surface area contributed by atoms with E-state index in [1.165, 1.54) is 0 Å². The smallest absolute Gasteiger partial charge is 0.320 e. The first kappa shape index (κ1) is 16.0. The van der Waals surface area contributed by atoms with Crippen LogP contribution in [0.2, 0.25) is 0 Å². The molecule has 2 heterocycles. The highest BCUT2D eigenvalue weighted by Gasteiger charge is 2.37. The molecule has 1 aliphatic heterocycles. The predicted molar refractivity (Wildman–Crippen MR) is 91.1 cm³/mol. The highest BCUT2D eigenvalue weighted by molar-refractivity contribution is 7.08. The van der Waals surface area contributed by atoms with Crippen LogP contribution in [0.5, 0.6) is 5.75 Å². The number of carbonyl (C=O) groups is 1. The number of carboxylic acid groups (broad SMARTS) is 1. The van der Waals surface area contributed by atoms with Gasteiger partial charge in [0.05, 0.1) is 12.6 Å². The molecule has 1 fully saturated rings. The van der Waals surface area contributed by atoms with Crippen LogP contribution in [0.25, 0.3) is 0 Å². The summed E-state index contributed by atoms with van der Waals surface area (Å²) in [7, 11) is 0. The summed E-state index contributed by atoms with van der Waals surface area (Å²) in [5, 5.41) is 13.7. The van der Waals surface area contributed by atoms with Gasteiger partial charge in [-0.1, -0.05) is 18.2 Å². The van der Waals surface area contributed by atoms with Crippen LogP contribution in [-0.2, 0) is 4.79 Å². The van der Waals surface area contributed by atoms with Gasteiger partial charge in [0.25, 0.3) is 0 Å². The second kappa shape index (κ2) is 7.15. The summed E-state index contributed by atoms with van der Waals surface area (Å²) in [5.74, 6) is 0.0962. The summed E-state index contributed by atoms with van der Waals surface area (Å²) < 4.78 is 5.80. The molecule has 1 saturated heterocycles. The first-order valence-electron chi connectivity index (χ1n) is 7.94. The molecule has 0 aliphatic carbocycles. The van der Waals surface area contributed by atoms with Crippen molar-refractivity contribution in [1.29, 1.82) is 0 Å². The zero-order valence-electron chi connectivity index (χ0n) is 13.1. The number of likely N-dealkylation sites (tertiary alicyclic amines) is 1. The van der Waals surface area contributed by atoms with E-state index in [0.717, 1.165) is 29.8 Å². The Hall–Kier alpha value is -1.85. The maximum atomic E-state index is 11.7. The SMILES string of the molecule is CCOc1ccccc1C(c1ccsc1)N1CCCC1C(=O)O. The van der Waals surface area contributed by atoms with E-state index in [2.05, 4.69) is 16.3 Å². The van der Waals surface area contributed by atoms with E-state index in [-0.39, 0.29) is 6.04 Å². The van der Waals surface area contributed by atoms with E-state index in [1.54, 1.807) is 11.3 Å². The predicted octanol–water partition coefficient (Wildman–Crippen LogP) is 3.79. The van der Waals surface area contributed by atoms with Gasteiger partial charge < -0.3 is 9.84 Å². The zero-order valence-corrected chi connectivity index (χ0v) is 14.0. The van der Waals surface area contributed by atoms with Crippen LogP contribution in [0.15, 0.2) is 41.1 Å². The largest absolute Gasteiger partial charge is 0.494 e. The Labute approximate surface area is 140 Å². The number of benzene rings is 1. The number of carboxylic acids is 1. The normalized spacial score (nSPS) is 19.6. The fraction of sp³-hybridized carbons (Fsp3) is 0.389. The Morgan fingerprint density at radius 1 is 1.43 bits per heavy atom. The highest BCUT2D eigenvalue weighted by atomic mass is 32.1. The van der Waals surface area contributed by atoms with Gasteiger partial charge in [-0.15, -0.1) is 0 Å². The van der Waals surface area contributed by atoms with Crippen molar-refractivity contribution in [3.63, 3.8) is 0 Å². The highest BCUT2D eigenvalue weighted by Crippen LogP contribution is 2.39. The van der Waals surface area contributed by atoms with Crippen molar-refractivity contribution in [3.8, 4) is 5.75 Å². The third-order valence-electron chi connectivity index (χ3n) is 4.28. The van der Waals surface area contributed by atoms with Crippen molar-refractivity contribution >= 4 is 17.3 Å². The topological polar surface area (TPSA) is 49.8 Å². The molecule has 0 saturated carbocycles. The number of hydrogen-bond donors (Lipinski definition) is 1. The van der Waals surface area contributed by atoms with Gasteiger partial charge in [-0.25, -0.2) is 0 Å². The summed E-state index contributed by atoms with van der Waals surface area (Å²) in [6.07, 6.45) is 1.61. The maximum absolute atomic E-state index is 11.7. The van der Waals surface area contributed by atoms with E-state index < -0.39 is 12.0 Å². The Kier molecular flexibility index (Phi) is 4.98. The van der Waals surface area contributed by atoms with Gasteiger partial charge >= 0.3 is 5.97 Å². The van der Waals surface area contributed by atoms with Crippen molar-refractivity contribution in [1.82, 2.24) is 4.90 Å². The summed E-state index contributed by atoms with van der Waals surface area (Å²) in [5.41, 5.74) is 2.18. The average molecular weight is 331 g/mol.